The average Bonchev–Trinajstić information content (AvgIpc) is 3.24. The summed E-state index contributed by atoms with van der Waals surface area (Å²) in [4.78, 5) is 14.8. The number of anilines is 2. The summed E-state index contributed by atoms with van der Waals surface area (Å²) in [5, 5.41) is 3.44. The maximum absolute atomic E-state index is 13.0. The van der Waals surface area contributed by atoms with Crippen molar-refractivity contribution in [2.45, 2.75) is 24.3 Å². The monoisotopic (exact) mass is 435 g/mol. The molecular weight excluding hydrogens is 410 g/mol. The van der Waals surface area contributed by atoms with E-state index < -0.39 is 10.0 Å². The highest BCUT2D eigenvalue weighted by Gasteiger charge is 2.27. The Kier molecular flexibility index (Phi) is 5.95. The van der Waals surface area contributed by atoms with Gasteiger partial charge in [0.2, 0.25) is 0 Å². The van der Waals surface area contributed by atoms with Gasteiger partial charge in [0.25, 0.3) is 15.9 Å². The lowest BCUT2D eigenvalue weighted by molar-refractivity contribution is 0.0791. The van der Waals surface area contributed by atoms with Crippen molar-refractivity contribution in [3.8, 4) is 0 Å². The predicted molar refractivity (Wildman–Crippen MR) is 123 cm³/mol. The number of para-hydroxylation sites is 1. The molecule has 0 bridgehead atoms. The van der Waals surface area contributed by atoms with E-state index in [9.17, 15) is 13.2 Å². The summed E-state index contributed by atoms with van der Waals surface area (Å²) >= 11 is 0. The standard InChI is InChI=1S/C24H25N3O3S/c1-18-10-12-21(13-11-18)26-31(29,30)23-9-5-6-19(16-23)24(28)27-15-14-22(17-27)25-20-7-3-2-4-8-20/h2-13,16,22,25-26H,14-15,17H2,1H3. The van der Waals surface area contributed by atoms with Crippen molar-refractivity contribution in [3.05, 3.63) is 90.0 Å². The Labute approximate surface area is 183 Å². The predicted octanol–water partition coefficient (Wildman–Crippen LogP) is 4.12. The van der Waals surface area contributed by atoms with Crippen molar-refractivity contribution >= 4 is 27.3 Å². The van der Waals surface area contributed by atoms with Gasteiger partial charge < -0.3 is 10.2 Å². The van der Waals surface area contributed by atoms with Gasteiger partial charge >= 0.3 is 0 Å². The zero-order chi connectivity index (χ0) is 21.8. The van der Waals surface area contributed by atoms with E-state index in [1.165, 1.54) is 12.1 Å². The molecule has 31 heavy (non-hydrogen) atoms. The number of hydrogen-bond donors (Lipinski definition) is 2. The molecular formula is C24H25N3O3S. The van der Waals surface area contributed by atoms with Crippen molar-refractivity contribution in [1.82, 2.24) is 4.90 Å². The molecule has 1 amide bonds. The molecule has 1 aliphatic heterocycles. The number of amides is 1. The number of nitrogens with zero attached hydrogens (tertiary/aromatic N) is 1. The van der Waals surface area contributed by atoms with E-state index in [0.29, 0.717) is 24.3 Å². The van der Waals surface area contributed by atoms with Crippen LogP contribution in [0, 0.1) is 6.92 Å². The Bertz CT molecular complexity index is 1160. The third-order valence-electron chi connectivity index (χ3n) is 5.32. The Morgan fingerprint density at radius 1 is 0.935 bits per heavy atom. The lowest BCUT2D eigenvalue weighted by atomic mass is 10.2. The number of nitrogens with one attached hydrogen (secondary N) is 2. The van der Waals surface area contributed by atoms with Gasteiger partial charge in [0.05, 0.1) is 4.90 Å². The summed E-state index contributed by atoms with van der Waals surface area (Å²) in [6.07, 6.45) is 0.841. The minimum Gasteiger partial charge on any atom is -0.380 e. The van der Waals surface area contributed by atoms with Gasteiger partial charge in [-0.15, -0.1) is 0 Å². The first kappa shape index (κ1) is 20.9. The number of hydrogen-bond acceptors (Lipinski definition) is 4. The number of carbonyl (C=O) groups excluding carboxylic acids is 1. The van der Waals surface area contributed by atoms with Crippen molar-refractivity contribution in [2.75, 3.05) is 23.1 Å². The van der Waals surface area contributed by atoms with Gasteiger partial charge in [0.1, 0.15) is 0 Å². The first-order chi connectivity index (χ1) is 14.9. The SMILES string of the molecule is Cc1ccc(NS(=O)(=O)c2cccc(C(=O)N3CCC(Nc4ccccc4)C3)c2)cc1. The summed E-state index contributed by atoms with van der Waals surface area (Å²) in [6, 6.07) is 23.4. The lowest BCUT2D eigenvalue weighted by Crippen LogP contribution is -2.31. The van der Waals surface area contributed by atoms with E-state index in [0.717, 1.165) is 17.7 Å². The highest BCUT2D eigenvalue weighted by molar-refractivity contribution is 7.92. The Hall–Kier alpha value is -3.32. The van der Waals surface area contributed by atoms with Crippen LogP contribution in [0.1, 0.15) is 22.3 Å². The smallest absolute Gasteiger partial charge is 0.261 e. The second-order valence-electron chi connectivity index (χ2n) is 7.75. The van der Waals surface area contributed by atoms with Gasteiger partial charge in [-0.1, -0.05) is 42.0 Å². The third kappa shape index (κ3) is 5.06. The summed E-state index contributed by atoms with van der Waals surface area (Å²) in [6.45, 7) is 3.14. The van der Waals surface area contributed by atoms with E-state index in [1.54, 1.807) is 29.2 Å². The van der Waals surface area contributed by atoms with Crippen LogP contribution in [0.5, 0.6) is 0 Å². The Morgan fingerprint density at radius 2 is 1.68 bits per heavy atom. The molecule has 3 aromatic carbocycles. The summed E-state index contributed by atoms with van der Waals surface area (Å²) in [5.41, 5.74) is 2.92. The average molecular weight is 436 g/mol. The van der Waals surface area contributed by atoms with Crippen LogP contribution < -0.4 is 10.0 Å². The van der Waals surface area contributed by atoms with Crippen LogP contribution in [0.2, 0.25) is 0 Å². The van der Waals surface area contributed by atoms with Gasteiger partial charge in [-0.3, -0.25) is 9.52 Å². The largest absolute Gasteiger partial charge is 0.380 e. The minimum atomic E-state index is -3.79. The van der Waals surface area contributed by atoms with Crippen molar-refractivity contribution in [3.63, 3.8) is 0 Å². The molecule has 3 aromatic rings. The molecule has 1 atom stereocenters. The lowest BCUT2D eigenvalue weighted by Gasteiger charge is -2.18. The molecule has 2 N–H and O–H groups in total. The zero-order valence-electron chi connectivity index (χ0n) is 17.3. The number of aryl methyl sites for hydroxylation is 1. The molecule has 1 saturated heterocycles. The molecule has 0 spiro atoms. The number of rotatable bonds is 6. The molecule has 1 fully saturated rings. The second-order valence-corrected chi connectivity index (χ2v) is 9.43. The van der Waals surface area contributed by atoms with E-state index in [-0.39, 0.29) is 16.8 Å². The number of benzene rings is 3. The van der Waals surface area contributed by atoms with E-state index in [4.69, 9.17) is 0 Å². The van der Waals surface area contributed by atoms with Crippen molar-refractivity contribution < 1.29 is 13.2 Å². The van der Waals surface area contributed by atoms with Crippen LogP contribution >= 0.6 is 0 Å². The first-order valence-corrected chi connectivity index (χ1v) is 11.7. The number of sulfonamides is 1. The molecule has 4 rings (SSSR count). The molecule has 160 valence electrons. The second kappa shape index (κ2) is 8.81. The fourth-order valence-electron chi connectivity index (χ4n) is 3.65. The van der Waals surface area contributed by atoms with Gasteiger partial charge in [-0.25, -0.2) is 8.42 Å². The Morgan fingerprint density at radius 3 is 2.42 bits per heavy atom. The van der Waals surface area contributed by atoms with E-state index in [1.807, 2.05) is 49.4 Å². The minimum absolute atomic E-state index is 0.0667. The number of likely N-dealkylation sites (tertiary alicyclic amines) is 1. The summed E-state index contributed by atoms with van der Waals surface area (Å²) in [5.74, 6) is -0.162. The molecule has 0 radical (unpaired) electrons. The molecule has 0 saturated carbocycles. The maximum Gasteiger partial charge on any atom is 0.261 e. The van der Waals surface area contributed by atoms with Gasteiger partial charge in [0, 0.05) is 36.1 Å². The summed E-state index contributed by atoms with van der Waals surface area (Å²) in [7, 11) is -3.79. The topological polar surface area (TPSA) is 78.5 Å². The Balaban J connectivity index is 1.45. The molecule has 0 aromatic heterocycles. The van der Waals surface area contributed by atoms with Gasteiger partial charge in [-0.05, 0) is 55.8 Å². The van der Waals surface area contributed by atoms with E-state index in [2.05, 4.69) is 10.0 Å². The first-order valence-electron chi connectivity index (χ1n) is 10.2. The van der Waals surface area contributed by atoms with Crippen LogP contribution in [0.15, 0.2) is 83.8 Å². The quantitative estimate of drug-likeness (QED) is 0.610. The van der Waals surface area contributed by atoms with E-state index >= 15 is 0 Å². The number of carbonyl (C=O) groups is 1. The molecule has 0 aliphatic carbocycles. The van der Waals surface area contributed by atoms with Crippen LogP contribution in [-0.4, -0.2) is 38.4 Å². The molecule has 7 heteroatoms. The van der Waals surface area contributed by atoms with Crippen LogP contribution in [0.3, 0.4) is 0 Å². The molecule has 6 nitrogen and oxygen atoms in total. The third-order valence-corrected chi connectivity index (χ3v) is 6.69. The maximum atomic E-state index is 13.0. The summed E-state index contributed by atoms with van der Waals surface area (Å²) < 4.78 is 28.2. The van der Waals surface area contributed by atoms with Crippen molar-refractivity contribution in [1.29, 1.82) is 0 Å². The van der Waals surface area contributed by atoms with Gasteiger partial charge in [-0.2, -0.15) is 0 Å². The molecule has 1 aliphatic rings. The van der Waals surface area contributed by atoms with Crippen LogP contribution in [0.4, 0.5) is 11.4 Å². The van der Waals surface area contributed by atoms with Crippen LogP contribution in [-0.2, 0) is 10.0 Å². The van der Waals surface area contributed by atoms with Crippen molar-refractivity contribution in [2.24, 2.45) is 0 Å². The highest BCUT2D eigenvalue weighted by Crippen LogP contribution is 2.21. The normalized spacial score (nSPS) is 16.2. The van der Waals surface area contributed by atoms with Gasteiger partial charge in [0.15, 0.2) is 0 Å². The molecule has 1 heterocycles. The van der Waals surface area contributed by atoms with Crippen LogP contribution in [0.25, 0.3) is 0 Å². The molecule has 1 unspecified atom stereocenters. The zero-order valence-corrected chi connectivity index (χ0v) is 18.1. The fourth-order valence-corrected chi connectivity index (χ4v) is 4.75. The fraction of sp³-hybridized carbons (Fsp3) is 0.208. The highest BCUT2D eigenvalue weighted by atomic mass is 32.2.